The summed E-state index contributed by atoms with van der Waals surface area (Å²) < 4.78 is 1.44. The molecular formula is C9H15N5O. The molecule has 2 rings (SSSR count). The average Bonchev–Trinajstić information content (AvgIpc) is 2.96. The third kappa shape index (κ3) is 2.31. The van der Waals surface area contributed by atoms with Gasteiger partial charge in [0.2, 0.25) is 5.91 Å². The predicted molar refractivity (Wildman–Crippen MR) is 52.8 cm³/mol. The van der Waals surface area contributed by atoms with Gasteiger partial charge in [0.1, 0.15) is 12.9 Å². The fourth-order valence-corrected chi connectivity index (χ4v) is 1.62. The zero-order valence-corrected chi connectivity index (χ0v) is 9.00. The van der Waals surface area contributed by atoms with E-state index < -0.39 is 0 Å². The van der Waals surface area contributed by atoms with Crippen LogP contribution in [0.25, 0.3) is 0 Å². The molecule has 1 heterocycles. The van der Waals surface area contributed by atoms with E-state index in [2.05, 4.69) is 22.4 Å². The molecule has 0 saturated heterocycles. The van der Waals surface area contributed by atoms with Crippen LogP contribution in [0.1, 0.15) is 19.8 Å². The van der Waals surface area contributed by atoms with Crippen molar-refractivity contribution in [3.63, 3.8) is 0 Å². The molecule has 1 aromatic rings. The molecule has 1 unspecified atom stereocenters. The van der Waals surface area contributed by atoms with E-state index in [0.29, 0.717) is 12.0 Å². The summed E-state index contributed by atoms with van der Waals surface area (Å²) >= 11 is 0. The van der Waals surface area contributed by atoms with Crippen LogP contribution in [-0.4, -0.2) is 44.1 Å². The van der Waals surface area contributed by atoms with Crippen molar-refractivity contribution in [1.29, 1.82) is 0 Å². The summed E-state index contributed by atoms with van der Waals surface area (Å²) in [6, 6.07) is 0.328. The van der Waals surface area contributed by atoms with Gasteiger partial charge in [-0.3, -0.25) is 4.79 Å². The Labute approximate surface area is 88.2 Å². The maximum absolute atomic E-state index is 11.8. The van der Waals surface area contributed by atoms with Gasteiger partial charge in [-0.05, 0) is 36.1 Å². The summed E-state index contributed by atoms with van der Waals surface area (Å²) in [5.74, 6) is 0.745. The van der Waals surface area contributed by atoms with Crippen molar-refractivity contribution in [2.45, 2.75) is 32.4 Å². The number of hydrogen-bond acceptors (Lipinski definition) is 4. The number of nitrogens with zero attached hydrogens (tertiary/aromatic N) is 5. The Bertz CT molecular complexity index is 332. The van der Waals surface area contributed by atoms with E-state index in [-0.39, 0.29) is 12.5 Å². The van der Waals surface area contributed by atoms with Crippen molar-refractivity contribution >= 4 is 5.91 Å². The van der Waals surface area contributed by atoms with Gasteiger partial charge in [-0.15, -0.1) is 5.10 Å². The molecule has 6 heteroatoms. The van der Waals surface area contributed by atoms with E-state index in [1.807, 2.05) is 7.05 Å². The average molecular weight is 209 g/mol. The second-order valence-corrected chi connectivity index (χ2v) is 4.09. The number of hydrogen-bond donors (Lipinski definition) is 0. The molecule has 1 atom stereocenters. The van der Waals surface area contributed by atoms with Crippen molar-refractivity contribution < 1.29 is 4.79 Å². The first-order chi connectivity index (χ1) is 7.18. The van der Waals surface area contributed by atoms with Gasteiger partial charge in [0.05, 0.1) is 0 Å². The standard InChI is InChI=1S/C9H15N5O/c1-7(8-3-4-8)13(2)9(15)5-14-6-10-11-12-14/h6-8H,3-5H2,1-2H3. The quantitative estimate of drug-likeness (QED) is 0.696. The molecule has 1 aromatic heterocycles. The van der Waals surface area contributed by atoms with Crippen LogP contribution in [0.2, 0.25) is 0 Å². The van der Waals surface area contributed by atoms with Crippen molar-refractivity contribution in [2.75, 3.05) is 7.05 Å². The maximum Gasteiger partial charge on any atom is 0.244 e. The van der Waals surface area contributed by atoms with Crippen LogP contribution in [0.3, 0.4) is 0 Å². The van der Waals surface area contributed by atoms with Gasteiger partial charge >= 0.3 is 0 Å². The molecule has 82 valence electrons. The number of tetrazole rings is 1. The number of likely N-dealkylation sites (N-methyl/N-ethyl adjacent to an activating group) is 1. The Balaban J connectivity index is 1.89. The van der Waals surface area contributed by atoms with Gasteiger partial charge in [0.15, 0.2) is 0 Å². The summed E-state index contributed by atoms with van der Waals surface area (Å²) in [5.41, 5.74) is 0. The molecule has 0 bridgehead atoms. The highest BCUT2D eigenvalue weighted by atomic mass is 16.2. The zero-order chi connectivity index (χ0) is 10.8. The van der Waals surface area contributed by atoms with Crippen molar-refractivity contribution in [3.8, 4) is 0 Å². The lowest BCUT2D eigenvalue weighted by Crippen LogP contribution is -2.38. The smallest absolute Gasteiger partial charge is 0.244 e. The summed E-state index contributed by atoms with van der Waals surface area (Å²) in [5, 5.41) is 10.6. The first-order valence-electron chi connectivity index (χ1n) is 5.15. The van der Waals surface area contributed by atoms with E-state index in [1.165, 1.54) is 23.9 Å². The lowest BCUT2D eigenvalue weighted by Gasteiger charge is -2.24. The summed E-state index contributed by atoms with van der Waals surface area (Å²) in [7, 11) is 1.84. The number of carbonyl (C=O) groups excluding carboxylic acids is 1. The highest BCUT2D eigenvalue weighted by Gasteiger charge is 2.32. The van der Waals surface area contributed by atoms with E-state index in [4.69, 9.17) is 0 Å². The largest absolute Gasteiger partial charge is 0.341 e. The molecule has 0 aromatic carbocycles. The zero-order valence-electron chi connectivity index (χ0n) is 9.00. The van der Waals surface area contributed by atoms with Crippen LogP contribution < -0.4 is 0 Å². The van der Waals surface area contributed by atoms with Crippen molar-refractivity contribution in [3.05, 3.63) is 6.33 Å². The van der Waals surface area contributed by atoms with E-state index in [9.17, 15) is 4.79 Å². The van der Waals surface area contributed by atoms with Crippen LogP contribution in [0.5, 0.6) is 0 Å². The lowest BCUT2D eigenvalue weighted by atomic mass is 10.2. The normalized spacial score (nSPS) is 17.5. The van der Waals surface area contributed by atoms with Crippen molar-refractivity contribution in [2.24, 2.45) is 5.92 Å². The molecule has 1 saturated carbocycles. The van der Waals surface area contributed by atoms with Gasteiger partial charge in [0, 0.05) is 13.1 Å². The minimum absolute atomic E-state index is 0.0571. The fourth-order valence-electron chi connectivity index (χ4n) is 1.62. The number of carbonyl (C=O) groups is 1. The Hall–Kier alpha value is -1.46. The molecule has 0 radical (unpaired) electrons. The van der Waals surface area contributed by atoms with Crippen LogP contribution in [-0.2, 0) is 11.3 Å². The number of rotatable bonds is 4. The maximum atomic E-state index is 11.8. The lowest BCUT2D eigenvalue weighted by molar-refractivity contribution is -0.132. The number of aromatic nitrogens is 4. The fraction of sp³-hybridized carbons (Fsp3) is 0.778. The Morgan fingerprint density at radius 2 is 2.40 bits per heavy atom. The van der Waals surface area contributed by atoms with E-state index in [1.54, 1.807) is 4.90 Å². The van der Waals surface area contributed by atoms with Gasteiger partial charge in [-0.2, -0.15) is 0 Å². The first kappa shape index (κ1) is 10.1. The Morgan fingerprint density at radius 3 is 2.93 bits per heavy atom. The topological polar surface area (TPSA) is 63.9 Å². The summed E-state index contributed by atoms with van der Waals surface area (Å²) in [6.45, 7) is 2.32. The second-order valence-electron chi connectivity index (χ2n) is 4.09. The molecule has 0 N–H and O–H groups in total. The van der Waals surface area contributed by atoms with Gasteiger partial charge < -0.3 is 4.90 Å². The second kappa shape index (κ2) is 3.96. The van der Waals surface area contributed by atoms with Crippen LogP contribution in [0, 0.1) is 5.92 Å². The molecular weight excluding hydrogens is 194 g/mol. The third-order valence-corrected chi connectivity index (χ3v) is 3.00. The summed E-state index contributed by atoms with van der Waals surface area (Å²) in [4.78, 5) is 13.6. The monoisotopic (exact) mass is 209 g/mol. The minimum Gasteiger partial charge on any atom is -0.341 e. The van der Waals surface area contributed by atoms with Crippen LogP contribution in [0.4, 0.5) is 0 Å². The summed E-state index contributed by atoms with van der Waals surface area (Å²) in [6.07, 6.45) is 3.93. The molecule has 1 aliphatic carbocycles. The van der Waals surface area contributed by atoms with E-state index >= 15 is 0 Å². The molecule has 6 nitrogen and oxygen atoms in total. The molecule has 0 spiro atoms. The molecule has 15 heavy (non-hydrogen) atoms. The van der Waals surface area contributed by atoms with Crippen LogP contribution in [0.15, 0.2) is 6.33 Å². The van der Waals surface area contributed by atoms with Gasteiger partial charge in [-0.25, -0.2) is 4.68 Å². The highest BCUT2D eigenvalue weighted by molar-refractivity contribution is 5.75. The molecule has 1 amide bonds. The predicted octanol–water partition coefficient (Wildman–Crippen LogP) is -0.0700. The molecule has 1 fully saturated rings. The molecule has 1 aliphatic rings. The first-order valence-corrected chi connectivity index (χ1v) is 5.15. The number of amides is 1. The third-order valence-electron chi connectivity index (χ3n) is 3.00. The SMILES string of the molecule is CC(C1CC1)N(C)C(=O)Cn1cnnn1. The van der Waals surface area contributed by atoms with Gasteiger partial charge in [0.25, 0.3) is 0 Å². The minimum atomic E-state index is 0.0571. The van der Waals surface area contributed by atoms with E-state index in [0.717, 1.165) is 0 Å². The Morgan fingerprint density at radius 1 is 1.67 bits per heavy atom. The van der Waals surface area contributed by atoms with Crippen LogP contribution >= 0.6 is 0 Å². The van der Waals surface area contributed by atoms with Crippen molar-refractivity contribution in [1.82, 2.24) is 25.1 Å². The molecule has 0 aliphatic heterocycles. The Kier molecular flexibility index (Phi) is 2.66. The van der Waals surface area contributed by atoms with Gasteiger partial charge in [-0.1, -0.05) is 0 Å². The highest BCUT2D eigenvalue weighted by Crippen LogP contribution is 2.34.